The number of ether oxygens (including phenoxy) is 1. The van der Waals surface area contributed by atoms with E-state index in [9.17, 15) is 13.2 Å². The van der Waals surface area contributed by atoms with Crippen LogP contribution in [0.3, 0.4) is 0 Å². The van der Waals surface area contributed by atoms with Crippen LogP contribution in [0.25, 0.3) is 16.0 Å². The second-order valence-corrected chi connectivity index (χ2v) is 9.68. The molecule has 0 amide bonds. The average Bonchev–Trinajstić information content (AvgIpc) is 3.11. The number of hydrogen-bond donors (Lipinski definition) is 1. The van der Waals surface area contributed by atoms with Crippen LogP contribution in [0.15, 0.2) is 53.4 Å². The molecule has 178 valence electrons. The van der Waals surface area contributed by atoms with Crippen molar-refractivity contribution in [3.8, 4) is 11.1 Å². The van der Waals surface area contributed by atoms with Gasteiger partial charge < -0.3 is 9.30 Å². The maximum Gasteiger partial charge on any atom is 0.354 e. The summed E-state index contributed by atoms with van der Waals surface area (Å²) in [6, 6.07) is 13.7. The highest BCUT2D eigenvalue weighted by atomic mass is 35.5. The molecule has 0 saturated carbocycles. The lowest BCUT2D eigenvalue weighted by atomic mass is 10.0. The zero-order valence-corrected chi connectivity index (χ0v) is 20.8. The molecule has 0 unspecified atom stereocenters. The van der Waals surface area contributed by atoms with Crippen LogP contribution in [0.4, 0.5) is 5.69 Å². The van der Waals surface area contributed by atoms with E-state index in [-0.39, 0.29) is 23.1 Å². The first-order valence-corrected chi connectivity index (χ1v) is 12.7. The number of carbonyl (C=O) groups excluding carboxylic acids is 1. The summed E-state index contributed by atoms with van der Waals surface area (Å²) in [5.74, 6) is -0.470. The van der Waals surface area contributed by atoms with Gasteiger partial charge in [0.1, 0.15) is 10.6 Å². The Bertz CT molecular complexity index is 1340. The molecule has 0 spiro atoms. The molecular weight excluding hydrogens is 474 g/mol. The molecule has 0 radical (unpaired) electrons. The van der Waals surface area contributed by atoms with Gasteiger partial charge >= 0.3 is 5.97 Å². The van der Waals surface area contributed by atoms with Crippen molar-refractivity contribution in [2.75, 3.05) is 13.2 Å². The van der Waals surface area contributed by atoms with Crippen molar-refractivity contribution in [1.82, 2.24) is 9.29 Å². The first-order chi connectivity index (χ1) is 16.2. The fourth-order valence-electron chi connectivity index (χ4n) is 3.86. The van der Waals surface area contributed by atoms with Gasteiger partial charge in [-0.3, -0.25) is 0 Å². The SMILES string of the molecule is [C-]#[N+]c1c(-c2ccc(CCNS(=O)(=O)c3ccccc3Cl)cc2)c(C(=O)OCC)n(C)c1CC. The largest absolute Gasteiger partial charge is 0.461 e. The molecule has 1 aromatic heterocycles. The predicted octanol–water partition coefficient (Wildman–Crippen LogP) is 5.16. The van der Waals surface area contributed by atoms with Gasteiger partial charge in [0.2, 0.25) is 15.7 Å². The molecule has 7 nitrogen and oxygen atoms in total. The monoisotopic (exact) mass is 499 g/mol. The van der Waals surface area contributed by atoms with Gasteiger partial charge in [0.15, 0.2) is 0 Å². The fraction of sp³-hybridized carbons (Fsp3) is 0.280. The molecule has 2 aromatic carbocycles. The highest BCUT2D eigenvalue weighted by molar-refractivity contribution is 7.89. The van der Waals surface area contributed by atoms with Gasteiger partial charge in [-0.1, -0.05) is 54.9 Å². The summed E-state index contributed by atoms with van der Waals surface area (Å²) in [5.41, 5.74) is 3.74. The van der Waals surface area contributed by atoms with Gasteiger partial charge in [-0.25, -0.2) is 22.8 Å². The summed E-state index contributed by atoms with van der Waals surface area (Å²) in [4.78, 5) is 16.4. The number of sulfonamides is 1. The molecule has 0 aliphatic rings. The van der Waals surface area contributed by atoms with Crippen molar-refractivity contribution in [1.29, 1.82) is 0 Å². The molecule has 0 atom stereocenters. The van der Waals surface area contributed by atoms with Gasteiger partial charge in [0, 0.05) is 24.8 Å². The van der Waals surface area contributed by atoms with Crippen LogP contribution in [0.5, 0.6) is 0 Å². The van der Waals surface area contributed by atoms with E-state index < -0.39 is 16.0 Å². The number of carbonyl (C=O) groups is 1. The minimum absolute atomic E-state index is 0.0426. The van der Waals surface area contributed by atoms with E-state index >= 15 is 0 Å². The van der Waals surface area contributed by atoms with Crippen molar-refractivity contribution in [2.45, 2.75) is 31.6 Å². The summed E-state index contributed by atoms with van der Waals surface area (Å²) in [6.07, 6.45) is 1.06. The molecule has 0 aliphatic carbocycles. The minimum atomic E-state index is -3.72. The summed E-state index contributed by atoms with van der Waals surface area (Å²) < 4.78 is 34.5. The van der Waals surface area contributed by atoms with Gasteiger partial charge in [-0.2, -0.15) is 0 Å². The second kappa shape index (κ2) is 10.9. The number of rotatable bonds is 9. The lowest BCUT2D eigenvalue weighted by Crippen LogP contribution is -2.26. The quantitative estimate of drug-likeness (QED) is 0.326. The summed E-state index contributed by atoms with van der Waals surface area (Å²) in [7, 11) is -1.95. The zero-order chi connectivity index (χ0) is 24.9. The maximum atomic E-state index is 12.7. The molecule has 3 aromatic rings. The third-order valence-electron chi connectivity index (χ3n) is 5.48. The van der Waals surface area contributed by atoms with E-state index in [0.717, 1.165) is 16.8 Å². The highest BCUT2D eigenvalue weighted by Gasteiger charge is 2.26. The number of benzene rings is 2. The van der Waals surface area contributed by atoms with Crippen LogP contribution in [-0.2, 0) is 34.6 Å². The van der Waals surface area contributed by atoms with Crippen molar-refractivity contribution < 1.29 is 17.9 Å². The van der Waals surface area contributed by atoms with Crippen LogP contribution in [-0.4, -0.2) is 32.1 Å². The number of nitrogens with one attached hydrogen (secondary N) is 1. The first-order valence-electron chi connectivity index (χ1n) is 10.8. The van der Waals surface area contributed by atoms with Crippen LogP contribution >= 0.6 is 11.6 Å². The lowest BCUT2D eigenvalue weighted by molar-refractivity contribution is 0.0516. The van der Waals surface area contributed by atoms with E-state index in [1.54, 1.807) is 30.7 Å². The van der Waals surface area contributed by atoms with Crippen molar-refractivity contribution in [3.05, 3.63) is 81.9 Å². The highest BCUT2D eigenvalue weighted by Crippen LogP contribution is 2.39. The molecule has 0 bridgehead atoms. The van der Waals surface area contributed by atoms with E-state index in [2.05, 4.69) is 9.57 Å². The van der Waals surface area contributed by atoms with Gasteiger partial charge in [0.05, 0.1) is 18.2 Å². The molecular formula is C25H26ClN3O4S. The lowest BCUT2D eigenvalue weighted by Gasteiger charge is -2.10. The number of hydrogen-bond acceptors (Lipinski definition) is 4. The van der Waals surface area contributed by atoms with Gasteiger partial charge in [-0.15, -0.1) is 0 Å². The van der Waals surface area contributed by atoms with Gasteiger partial charge in [0.25, 0.3) is 0 Å². The topological polar surface area (TPSA) is 81.8 Å². The Hall–Kier alpha value is -3.12. The number of halogens is 1. The number of aromatic nitrogens is 1. The summed E-state index contributed by atoms with van der Waals surface area (Å²) in [5, 5.41) is 0.168. The Kier molecular flexibility index (Phi) is 8.15. The molecule has 9 heteroatoms. The van der Waals surface area contributed by atoms with Crippen LogP contribution in [0, 0.1) is 6.57 Å². The fourth-order valence-corrected chi connectivity index (χ4v) is 5.41. The van der Waals surface area contributed by atoms with Crippen molar-refractivity contribution in [2.24, 2.45) is 7.05 Å². The minimum Gasteiger partial charge on any atom is -0.461 e. The average molecular weight is 500 g/mol. The van der Waals surface area contributed by atoms with E-state index in [4.69, 9.17) is 22.9 Å². The molecule has 1 N–H and O–H groups in total. The smallest absolute Gasteiger partial charge is 0.354 e. The van der Waals surface area contributed by atoms with Crippen molar-refractivity contribution >= 4 is 33.3 Å². The number of esters is 1. The Balaban J connectivity index is 1.83. The van der Waals surface area contributed by atoms with Crippen LogP contribution in [0.2, 0.25) is 5.02 Å². The van der Waals surface area contributed by atoms with E-state index in [1.807, 2.05) is 31.2 Å². The molecule has 3 rings (SSSR count). The standard InChI is InChI=1S/C25H26ClN3O4S/c1-5-20-23(27-3)22(24(29(20)4)25(30)33-6-2)18-13-11-17(12-14-18)15-16-28-34(31,32)21-10-8-7-9-19(21)26/h7-14,28H,5-6,15-16H2,1-2,4H3. The molecule has 1 heterocycles. The van der Waals surface area contributed by atoms with Gasteiger partial charge in [-0.05, 0) is 43.0 Å². The summed E-state index contributed by atoms with van der Waals surface area (Å²) >= 11 is 6.01. The molecule has 34 heavy (non-hydrogen) atoms. The van der Waals surface area contributed by atoms with Crippen molar-refractivity contribution in [3.63, 3.8) is 0 Å². The maximum absolute atomic E-state index is 12.7. The number of nitrogens with zero attached hydrogens (tertiary/aromatic N) is 2. The van der Waals surface area contributed by atoms with E-state index in [0.29, 0.717) is 29.8 Å². The Morgan fingerprint density at radius 2 is 1.82 bits per heavy atom. The Morgan fingerprint density at radius 3 is 2.41 bits per heavy atom. The van der Waals surface area contributed by atoms with Crippen LogP contribution in [0.1, 0.15) is 35.6 Å². The predicted molar refractivity (Wildman–Crippen MR) is 133 cm³/mol. The Labute approximate surface area is 205 Å². The second-order valence-electron chi connectivity index (χ2n) is 7.54. The van der Waals surface area contributed by atoms with E-state index in [1.165, 1.54) is 12.1 Å². The normalized spacial score (nSPS) is 11.3. The Morgan fingerprint density at radius 1 is 1.15 bits per heavy atom. The molecule has 0 saturated heterocycles. The van der Waals surface area contributed by atoms with Crippen LogP contribution < -0.4 is 4.72 Å². The molecule has 0 aliphatic heterocycles. The zero-order valence-electron chi connectivity index (χ0n) is 19.3. The third kappa shape index (κ3) is 5.17. The molecule has 0 fully saturated rings. The first kappa shape index (κ1) is 25.5. The third-order valence-corrected chi connectivity index (χ3v) is 7.44. The summed E-state index contributed by atoms with van der Waals surface area (Å²) in [6.45, 7) is 11.8.